The van der Waals surface area contributed by atoms with Gasteiger partial charge in [0.1, 0.15) is 0 Å². The molecule has 0 radical (unpaired) electrons. The minimum Gasteiger partial charge on any atom is -0.338 e. The van der Waals surface area contributed by atoms with Crippen molar-refractivity contribution in [1.82, 2.24) is 4.90 Å². The van der Waals surface area contributed by atoms with Crippen LogP contribution in [0.5, 0.6) is 0 Å². The van der Waals surface area contributed by atoms with Gasteiger partial charge in [-0.15, -0.1) is 0 Å². The fourth-order valence-electron chi connectivity index (χ4n) is 2.74. The average molecular weight is 272 g/mol. The maximum atomic E-state index is 12.9. The Morgan fingerprint density at radius 3 is 2.25 bits per heavy atom. The fourth-order valence-corrected chi connectivity index (χ4v) is 2.74. The van der Waals surface area contributed by atoms with Crippen molar-refractivity contribution >= 4 is 5.91 Å². The summed E-state index contributed by atoms with van der Waals surface area (Å²) in [7, 11) is 0. The van der Waals surface area contributed by atoms with Crippen LogP contribution in [0.25, 0.3) is 0 Å². The predicted octanol–water partition coefficient (Wildman–Crippen LogP) is 2.45. The molecule has 2 aliphatic rings. The quantitative estimate of drug-likeness (QED) is 0.828. The molecule has 2 fully saturated rings. The molecule has 108 valence electrons. The number of nitrogens with zero attached hydrogens (tertiary/aromatic N) is 1. The standard InChI is InChI=1S/C17H24N2O/c18-10-9-15-3-1-2-4-16(15)17(20)19(11-13-5-6-13)12-14-7-8-14/h1-4,13-14H,5-12,18H2. The molecule has 2 saturated carbocycles. The molecule has 0 heterocycles. The van der Waals surface area contributed by atoms with Crippen molar-refractivity contribution in [2.24, 2.45) is 17.6 Å². The van der Waals surface area contributed by atoms with Crippen LogP contribution in [0.2, 0.25) is 0 Å². The van der Waals surface area contributed by atoms with Gasteiger partial charge < -0.3 is 10.6 Å². The van der Waals surface area contributed by atoms with Gasteiger partial charge in [-0.1, -0.05) is 18.2 Å². The van der Waals surface area contributed by atoms with Crippen LogP contribution in [0, 0.1) is 11.8 Å². The summed E-state index contributed by atoms with van der Waals surface area (Å²) < 4.78 is 0. The fraction of sp³-hybridized carbons (Fsp3) is 0.588. The van der Waals surface area contributed by atoms with Gasteiger partial charge in [-0.2, -0.15) is 0 Å². The number of carbonyl (C=O) groups is 1. The monoisotopic (exact) mass is 272 g/mol. The first kappa shape index (κ1) is 13.6. The number of rotatable bonds is 7. The first-order valence-electron chi connectivity index (χ1n) is 7.85. The summed E-state index contributed by atoms with van der Waals surface area (Å²) in [6.45, 7) is 2.49. The lowest BCUT2D eigenvalue weighted by atomic mass is 10.0. The third-order valence-electron chi connectivity index (χ3n) is 4.30. The predicted molar refractivity (Wildman–Crippen MR) is 80.6 cm³/mol. The van der Waals surface area contributed by atoms with Gasteiger partial charge in [0.15, 0.2) is 0 Å². The summed E-state index contributed by atoms with van der Waals surface area (Å²) in [5, 5.41) is 0. The zero-order valence-corrected chi connectivity index (χ0v) is 12.1. The molecule has 0 aromatic heterocycles. The third kappa shape index (κ3) is 3.40. The number of hydrogen-bond donors (Lipinski definition) is 1. The van der Waals surface area contributed by atoms with E-state index in [0.717, 1.165) is 42.5 Å². The summed E-state index contributed by atoms with van der Waals surface area (Å²) in [6, 6.07) is 7.94. The topological polar surface area (TPSA) is 46.3 Å². The molecule has 2 aliphatic carbocycles. The Morgan fingerprint density at radius 2 is 1.70 bits per heavy atom. The Hall–Kier alpha value is -1.35. The number of benzene rings is 1. The van der Waals surface area contributed by atoms with E-state index in [-0.39, 0.29) is 5.91 Å². The van der Waals surface area contributed by atoms with Crippen LogP contribution in [0.1, 0.15) is 41.6 Å². The summed E-state index contributed by atoms with van der Waals surface area (Å²) in [6.07, 6.45) is 5.94. The number of carbonyl (C=O) groups excluding carboxylic acids is 1. The van der Waals surface area contributed by atoms with Crippen molar-refractivity contribution in [3.05, 3.63) is 35.4 Å². The summed E-state index contributed by atoms with van der Waals surface area (Å²) in [5.41, 5.74) is 7.62. The van der Waals surface area contributed by atoms with E-state index in [2.05, 4.69) is 4.90 Å². The van der Waals surface area contributed by atoms with E-state index >= 15 is 0 Å². The lowest BCUT2D eigenvalue weighted by Gasteiger charge is -2.24. The molecule has 0 bridgehead atoms. The maximum absolute atomic E-state index is 12.9. The Balaban J connectivity index is 1.76. The highest BCUT2D eigenvalue weighted by atomic mass is 16.2. The molecule has 0 atom stereocenters. The van der Waals surface area contributed by atoms with Gasteiger partial charge in [-0.25, -0.2) is 0 Å². The van der Waals surface area contributed by atoms with Crippen LogP contribution < -0.4 is 5.73 Å². The molecule has 0 unspecified atom stereocenters. The largest absolute Gasteiger partial charge is 0.338 e. The van der Waals surface area contributed by atoms with Crippen molar-refractivity contribution in [3.63, 3.8) is 0 Å². The molecule has 20 heavy (non-hydrogen) atoms. The molecule has 0 spiro atoms. The number of nitrogens with two attached hydrogens (primary N) is 1. The number of amides is 1. The third-order valence-corrected chi connectivity index (χ3v) is 4.30. The molecule has 3 heteroatoms. The molecular weight excluding hydrogens is 248 g/mol. The van der Waals surface area contributed by atoms with Gasteiger partial charge in [-0.3, -0.25) is 4.79 Å². The van der Waals surface area contributed by atoms with E-state index in [1.807, 2.05) is 24.3 Å². The highest BCUT2D eigenvalue weighted by Gasteiger charge is 2.32. The Labute approximate surface area is 121 Å². The minimum absolute atomic E-state index is 0.216. The molecule has 3 rings (SSSR count). The smallest absolute Gasteiger partial charge is 0.254 e. The minimum atomic E-state index is 0.216. The molecule has 1 amide bonds. The van der Waals surface area contributed by atoms with Crippen LogP contribution in [-0.2, 0) is 6.42 Å². The molecule has 2 N–H and O–H groups in total. The molecule has 1 aromatic rings. The van der Waals surface area contributed by atoms with Gasteiger partial charge >= 0.3 is 0 Å². The number of hydrogen-bond acceptors (Lipinski definition) is 2. The van der Waals surface area contributed by atoms with Crippen LogP contribution in [0.15, 0.2) is 24.3 Å². The summed E-state index contributed by atoms with van der Waals surface area (Å²) in [4.78, 5) is 15.0. The SMILES string of the molecule is NCCc1ccccc1C(=O)N(CC1CC1)CC1CC1. The highest BCUT2D eigenvalue weighted by molar-refractivity contribution is 5.95. The first-order chi connectivity index (χ1) is 9.78. The van der Waals surface area contributed by atoms with Gasteiger partial charge in [0.25, 0.3) is 5.91 Å². The van der Waals surface area contributed by atoms with Crippen molar-refractivity contribution < 1.29 is 4.79 Å². The van der Waals surface area contributed by atoms with Crippen molar-refractivity contribution in [1.29, 1.82) is 0 Å². The van der Waals surface area contributed by atoms with Crippen molar-refractivity contribution in [2.75, 3.05) is 19.6 Å². The van der Waals surface area contributed by atoms with Crippen molar-refractivity contribution in [2.45, 2.75) is 32.1 Å². The lowest BCUT2D eigenvalue weighted by Crippen LogP contribution is -2.35. The van der Waals surface area contributed by atoms with Gasteiger partial charge in [0.05, 0.1) is 0 Å². The molecular formula is C17H24N2O. The van der Waals surface area contributed by atoms with Crippen LogP contribution in [-0.4, -0.2) is 30.4 Å². The molecule has 0 aliphatic heterocycles. The Bertz CT molecular complexity index is 464. The van der Waals surface area contributed by atoms with E-state index < -0.39 is 0 Å². The van der Waals surface area contributed by atoms with Gasteiger partial charge in [0.2, 0.25) is 0 Å². The molecule has 3 nitrogen and oxygen atoms in total. The zero-order chi connectivity index (χ0) is 13.9. The lowest BCUT2D eigenvalue weighted by molar-refractivity contribution is 0.0738. The van der Waals surface area contributed by atoms with Crippen LogP contribution in [0.3, 0.4) is 0 Å². The Morgan fingerprint density at radius 1 is 1.10 bits per heavy atom. The van der Waals surface area contributed by atoms with Crippen molar-refractivity contribution in [3.8, 4) is 0 Å². The van der Waals surface area contributed by atoms with E-state index in [9.17, 15) is 4.79 Å². The summed E-state index contributed by atoms with van der Waals surface area (Å²) >= 11 is 0. The van der Waals surface area contributed by atoms with E-state index in [1.54, 1.807) is 0 Å². The highest BCUT2D eigenvalue weighted by Crippen LogP contribution is 2.34. The first-order valence-corrected chi connectivity index (χ1v) is 7.85. The van der Waals surface area contributed by atoms with Gasteiger partial charge in [-0.05, 0) is 62.1 Å². The Kier molecular flexibility index (Phi) is 4.06. The maximum Gasteiger partial charge on any atom is 0.254 e. The van der Waals surface area contributed by atoms with E-state index in [1.165, 1.54) is 25.7 Å². The van der Waals surface area contributed by atoms with Gasteiger partial charge in [0, 0.05) is 18.7 Å². The molecule has 1 aromatic carbocycles. The second-order valence-corrected chi connectivity index (χ2v) is 6.29. The van der Waals surface area contributed by atoms with E-state index in [0.29, 0.717) is 6.54 Å². The van der Waals surface area contributed by atoms with Crippen LogP contribution in [0.4, 0.5) is 0 Å². The zero-order valence-electron chi connectivity index (χ0n) is 12.1. The summed E-state index contributed by atoms with van der Waals surface area (Å²) in [5.74, 6) is 1.71. The average Bonchev–Trinajstić information content (AvgIpc) is 3.34. The normalized spacial score (nSPS) is 18.1. The second kappa shape index (κ2) is 5.96. The second-order valence-electron chi connectivity index (χ2n) is 6.29. The van der Waals surface area contributed by atoms with Crippen LogP contribution >= 0.6 is 0 Å². The van der Waals surface area contributed by atoms with E-state index in [4.69, 9.17) is 5.73 Å². The molecule has 0 saturated heterocycles.